The fraction of sp³-hybridized carbons (Fsp3) is 0.250. The van der Waals surface area contributed by atoms with Gasteiger partial charge in [-0.25, -0.2) is 4.39 Å². The Kier molecular flexibility index (Phi) is 6.47. The van der Waals surface area contributed by atoms with Crippen LogP contribution in [0.3, 0.4) is 0 Å². The van der Waals surface area contributed by atoms with Gasteiger partial charge in [0.1, 0.15) is 5.82 Å². The third-order valence-electron chi connectivity index (χ3n) is 3.15. The lowest BCUT2D eigenvalue weighted by Crippen LogP contribution is -2.24. The van der Waals surface area contributed by atoms with Crippen LogP contribution in [0.2, 0.25) is 5.02 Å². The second-order valence-corrected chi connectivity index (χ2v) is 7.27. The molecule has 0 radical (unpaired) electrons. The fourth-order valence-electron chi connectivity index (χ4n) is 2.28. The van der Waals surface area contributed by atoms with Crippen molar-refractivity contribution in [1.82, 2.24) is 5.32 Å². The molecule has 0 fully saturated rings. The predicted octanol–water partition coefficient (Wildman–Crippen LogP) is 5.74. The molecule has 0 aliphatic carbocycles. The van der Waals surface area contributed by atoms with E-state index in [0.717, 1.165) is 25.7 Å². The van der Waals surface area contributed by atoms with Gasteiger partial charge in [0.15, 0.2) is 0 Å². The molecule has 0 spiro atoms. The minimum Gasteiger partial charge on any atom is -0.310 e. The molecule has 1 N–H and O–H groups in total. The SMILES string of the molecule is CCNC(Cc1cc(F)cc(Br)c1)c1cc(Cl)ccc1I. The summed E-state index contributed by atoms with van der Waals surface area (Å²) in [5, 5.41) is 4.17. The van der Waals surface area contributed by atoms with Crippen LogP contribution in [-0.2, 0) is 6.42 Å². The van der Waals surface area contributed by atoms with Crippen LogP contribution in [0.5, 0.6) is 0 Å². The van der Waals surface area contributed by atoms with Gasteiger partial charge in [0.05, 0.1) is 0 Å². The van der Waals surface area contributed by atoms with Gasteiger partial charge in [0, 0.05) is 19.1 Å². The van der Waals surface area contributed by atoms with Gasteiger partial charge >= 0.3 is 0 Å². The zero-order valence-electron chi connectivity index (χ0n) is 11.5. The average Bonchev–Trinajstić information content (AvgIpc) is 2.40. The summed E-state index contributed by atoms with van der Waals surface area (Å²) in [5.74, 6) is -0.226. The van der Waals surface area contributed by atoms with Crippen LogP contribution in [0.4, 0.5) is 4.39 Å². The van der Waals surface area contributed by atoms with Gasteiger partial charge in [0.2, 0.25) is 0 Å². The van der Waals surface area contributed by atoms with E-state index in [0.29, 0.717) is 11.4 Å². The number of halogens is 4. The Labute approximate surface area is 151 Å². The van der Waals surface area contributed by atoms with Crippen LogP contribution in [-0.4, -0.2) is 6.54 Å². The maximum atomic E-state index is 13.5. The van der Waals surface area contributed by atoms with Crippen LogP contribution in [0, 0.1) is 9.39 Å². The summed E-state index contributed by atoms with van der Waals surface area (Å²) < 4.78 is 15.4. The van der Waals surface area contributed by atoms with E-state index in [1.165, 1.54) is 6.07 Å². The molecule has 0 saturated carbocycles. The summed E-state index contributed by atoms with van der Waals surface area (Å²) in [6.45, 7) is 2.90. The molecular formula is C16H15BrClFIN. The summed E-state index contributed by atoms with van der Waals surface area (Å²) in [7, 11) is 0. The highest BCUT2D eigenvalue weighted by Gasteiger charge is 2.15. The molecule has 0 aliphatic rings. The molecule has 1 unspecified atom stereocenters. The van der Waals surface area contributed by atoms with Crippen molar-refractivity contribution in [3.8, 4) is 0 Å². The Balaban J connectivity index is 2.32. The minimum atomic E-state index is -0.226. The van der Waals surface area contributed by atoms with E-state index in [9.17, 15) is 4.39 Å². The summed E-state index contributed by atoms with van der Waals surface area (Å²) >= 11 is 11.8. The highest BCUT2D eigenvalue weighted by atomic mass is 127. The monoisotopic (exact) mass is 481 g/mol. The Bertz CT molecular complexity index is 615. The van der Waals surface area contributed by atoms with Gasteiger partial charge in [-0.15, -0.1) is 0 Å². The van der Waals surface area contributed by atoms with Crippen molar-refractivity contribution in [2.24, 2.45) is 0 Å². The van der Waals surface area contributed by atoms with Crippen molar-refractivity contribution in [2.75, 3.05) is 6.54 Å². The average molecular weight is 483 g/mol. The molecule has 2 aromatic carbocycles. The van der Waals surface area contributed by atoms with E-state index in [1.807, 2.05) is 24.3 Å². The number of hydrogen-bond acceptors (Lipinski definition) is 1. The fourth-order valence-corrected chi connectivity index (χ4v) is 3.69. The lowest BCUT2D eigenvalue weighted by molar-refractivity contribution is 0.544. The first-order chi connectivity index (χ1) is 9.99. The second kappa shape index (κ2) is 7.90. The third kappa shape index (κ3) is 4.91. The highest BCUT2D eigenvalue weighted by Crippen LogP contribution is 2.27. The van der Waals surface area contributed by atoms with E-state index in [2.05, 4.69) is 50.8 Å². The number of nitrogens with one attached hydrogen (secondary N) is 1. The molecule has 0 aromatic heterocycles. The number of hydrogen-bond donors (Lipinski definition) is 1. The third-order valence-corrected chi connectivity index (χ3v) is 4.82. The lowest BCUT2D eigenvalue weighted by atomic mass is 9.99. The van der Waals surface area contributed by atoms with Crippen LogP contribution in [0.1, 0.15) is 24.1 Å². The van der Waals surface area contributed by atoms with Crippen molar-refractivity contribution < 1.29 is 4.39 Å². The molecule has 5 heteroatoms. The molecular weight excluding hydrogens is 467 g/mol. The Morgan fingerprint density at radius 2 is 2.05 bits per heavy atom. The van der Waals surface area contributed by atoms with Crippen molar-refractivity contribution in [1.29, 1.82) is 0 Å². The Morgan fingerprint density at radius 1 is 1.29 bits per heavy atom. The van der Waals surface area contributed by atoms with Gasteiger partial charge in [-0.1, -0.05) is 34.5 Å². The van der Waals surface area contributed by atoms with E-state index in [-0.39, 0.29) is 11.9 Å². The molecule has 0 aliphatic heterocycles. The standard InChI is InChI=1S/C16H15BrClFIN/c1-2-21-16(14-9-12(18)3-4-15(14)20)7-10-5-11(17)8-13(19)6-10/h3-6,8-9,16,21H,2,7H2,1H3. The molecule has 1 atom stereocenters. The van der Waals surface area contributed by atoms with Crippen LogP contribution < -0.4 is 5.32 Å². The predicted molar refractivity (Wildman–Crippen MR) is 98.4 cm³/mol. The lowest BCUT2D eigenvalue weighted by Gasteiger charge is -2.20. The molecule has 21 heavy (non-hydrogen) atoms. The molecule has 0 amide bonds. The van der Waals surface area contributed by atoms with Crippen molar-refractivity contribution in [3.05, 3.63) is 66.4 Å². The molecule has 0 bridgehead atoms. The van der Waals surface area contributed by atoms with Crippen LogP contribution in [0.25, 0.3) is 0 Å². The number of benzene rings is 2. The van der Waals surface area contributed by atoms with Crippen molar-refractivity contribution in [2.45, 2.75) is 19.4 Å². The minimum absolute atomic E-state index is 0.106. The topological polar surface area (TPSA) is 12.0 Å². The van der Waals surface area contributed by atoms with Crippen LogP contribution >= 0.6 is 50.1 Å². The molecule has 112 valence electrons. The van der Waals surface area contributed by atoms with Crippen LogP contribution in [0.15, 0.2) is 40.9 Å². The first kappa shape index (κ1) is 17.2. The summed E-state index contributed by atoms with van der Waals surface area (Å²) in [6, 6.07) is 11.0. The first-order valence-electron chi connectivity index (χ1n) is 6.63. The van der Waals surface area contributed by atoms with Gasteiger partial charge in [0.25, 0.3) is 0 Å². The van der Waals surface area contributed by atoms with Crippen molar-refractivity contribution in [3.63, 3.8) is 0 Å². The quantitative estimate of drug-likeness (QED) is 0.536. The zero-order chi connectivity index (χ0) is 15.4. The molecule has 2 aromatic rings. The van der Waals surface area contributed by atoms with E-state index in [1.54, 1.807) is 6.07 Å². The van der Waals surface area contributed by atoms with Gasteiger partial charge in [-0.3, -0.25) is 0 Å². The number of likely N-dealkylation sites (N-methyl/N-ethyl adjacent to an activating group) is 1. The normalized spacial score (nSPS) is 12.4. The van der Waals surface area contributed by atoms with Gasteiger partial charge in [-0.2, -0.15) is 0 Å². The van der Waals surface area contributed by atoms with E-state index in [4.69, 9.17) is 11.6 Å². The van der Waals surface area contributed by atoms with Gasteiger partial charge in [-0.05, 0) is 83.1 Å². The summed E-state index contributed by atoms with van der Waals surface area (Å²) in [4.78, 5) is 0. The largest absolute Gasteiger partial charge is 0.310 e. The molecule has 2 rings (SSSR count). The van der Waals surface area contributed by atoms with Gasteiger partial charge < -0.3 is 5.32 Å². The van der Waals surface area contributed by atoms with Crippen molar-refractivity contribution >= 4 is 50.1 Å². The second-order valence-electron chi connectivity index (χ2n) is 4.76. The zero-order valence-corrected chi connectivity index (χ0v) is 16.0. The van der Waals surface area contributed by atoms with E-state index < -0.39 is 0 Å². The Hall–Kier alpha value is -0.170. The molecule has 1 nitrogen and oxygen atoms in total. The summed E-state index contributed by atoms with van der Waals surface area (Å²) in [5.41, 5.74) is 2.09. The number of rotatable bonds is 5. The molecule has 0 heterocycles. The smallest absolute Gasteiger partial charge is 0.124 e. The maximum absolute atomic E-state index is 13.5. The highest BCUT2D eigenvalue weighted by molar-refractivity contribution is 14.1. The maximum Gasteiger partial charge on any atom is 0.124 e. The first-order valence-corrected chi connectivity index (χ1v) is 8.88. The van der Waals surface area contributed by atoms with E-state index >= 15 is 0 Å². The summed E-state index contributed by atoms with van der Waals surface area (Å²) in [6.07, 6.45) is 0.709. The molecule has 0 saturated heterocycles. The Morgan fingerprint density at radius 3 is 2.71 bits per heavy atom.